The number of alkyl carbamates (subject to hydrolysis) is 2. The van der Waals surface area contributed by atoms with Gasteiger partial charge in [0.25, 0.3) is 0 Å². The van der Waals surface area contributed by atoms with Crippen LogP contribution < -0.4 is 21.3 Å². The summed E-state index contributed by atoms with van der Waals surface area (Å²) in [4.78, 5) is 37.1. The molecule has 0 atom stereocenters. The summed E-state index contributed by atoms with van der Waals surface area (Å²) in [5.74, 6) is 0.873. The van der Waals surface area contributed by atoms with E-state index < -0.39 is 11.2 Å². The fourth-order valence-electron chi connectivity index (χ4n) is 4.56. The van der Waals surface area contributed by atoms with Gasteiger partial charge in [0.1, 0.15) is 11.2 Å². The lowest BCUT2D eigenvalue weighted by Gasteiger charge is -2.31. The molecule has 37 heavy (non-hydrogen) atoms. The van der Waals surface area contributed by atoms with Gasteiger partial charge in [-0.15, -0.1) is 0 Å². The fraction of sp³-hybridized carbons (Fsp3) is 0.800. The summed E-state index contributed by atoms with van der Waals surface area (Å²) in [5, 5.41) is 12.8. The summed E-state index contributed by atoms with van der Waals surface area (Å²) in [6.45, 7) is 11.1. The topological polar surface area (TPSA) is 139 Å². The molecule has 0 bridgehead atoms. The lowest BCUT2D eigenvalue weighted by Crippen LogP contribution is -2.42. The third kappa shape index (κ3) is 10.8. The summed E-state index contributed by atoms with van der Waals surface area (Å²) in [6, 6.07) is 0.536. The first-order valence-electron chi connectivity index (χ1n) is 13.2. The standard InChI is InChI=1S/C25H42ClN7O4/c1-24(2,3)36-22(34)29-17-11-7-15(8-12-17)27-20-31-19(26)32-21(33-20)28-16-9-13-18(14-10-16)30-23(35)37-25(4,5)6/h15-18H,7-14H2,1-6H3,(H,29,34)(H,30,35)(H2,27,28,31,32,33). The first-order chi connectivity index (χ1) is 17.2. The van der Waals surface area contributed by atoms with E-state index in [0.717, 1.165) is 51.4 Å². The first kappa shape index (κ1) is 29.0. The van der Waals surface area contributed by atoms with Crippen molar-refractivity contribution in [3.63, 3.8) is 0 Å². The summed E-state index contributed by atoms with van der Waals surface area (Å²) in [7, 11) is 0. The van der Waals surface area contributed by atoms with Gasteiger partial charge in [0, 0.05) is 24.2 Å². The third-order valence-corrected chi connectivity index (χ3v) is 6.34. The van der Waals surface area contributed by atoms with E-state index in [0.29, 0.717) is 11.9 Å². The van der Waals surface area contributed by atoms with Gasteiger partial charge in [0.2, 0.25) is 17.2 Å². The highest BCUT2D eigenvalue weighted by Crippen LogP contribution is 2.25. The van der Waals surface area contributed by atoms with Gasteiger partial charge in [-0.1, -0.05) is 0 Å². The molecule has 0 radical (unpaired) electrons. The van der Waals surface area contributed by atoms with Crippen molar-refractivity contribution in [2.45, 2.75) is 128 Å². The van der Waals surface area contributed by atoms with Crippen LogP contribution in [0.4, 0.5) is 21.5 Å². The molecule has 0 aliphatic heterocycles. The number of aromatic nitrogens is 3. The Labute approximate surface area is 224 Å². The van der Waals surface area contributed by atoms with Crippen molar-refractivity contribution >= 4 is 35.7 Å². The van der Waals surface area contributed by atoms with Crippen molar-refractivity contribution in [2.24, 2.45) is 0 Å². The molecule has 2 amide bonds. The van der Waals surface area contributed by atoms with Gasteiger partial charge in [-0.2, -0.15) is 15.0 Å². The number of nitrogens with one attached hydrogen (secondary N) is 4. The van der Waals surface area contributed by atoms with E-state index in [2.05, 4.69) is 36.2 Å². The number of hydrogen-bond donors (Lipinski definition) is 4. The Morgan fingerprint density at radius 3 is 1.30 bits per heavy atom. The molecule has 11 nitrogen and oxygen atoms in total. The summed E-state index contributed by atoms with van der Waals surface area (Å²) >= 11 is 6.19. The smallest absolute Gasteiger partial charge is 0.407 e. The fourth-order valence-corrected chi connectivity index (χ4v) is 4.72. The Kier molecular flexibility index (Phi) is 9.66. The average molecular weight is 540 g/mol. The van der Waals surface area contributed by atoms with Gasteiger partial charge in [-0.05, 0) is 105 Å². The van der Waals surface area contributed by atoms with E-state index in [1.165, 1.54) is 0 Å². The largest absolute Gasteiger partial charge is 0.444 e. The maximum absolute atomic E-state index is 12.0. The van der Waals surface area contributed by atoms with Crippen LogP contribution in [0.2, 0.25) is 5.28 Å². The molecule has 0 saturated heterocycles. The number of ether oxygens (including phenoxy) is 2. The molecule has 1 aromatic rings. The maximum Gasteiger partial charge on any atom is 0.407 e. The van der Waals surface area contributed by atoms with Crippen LogP contribution in [0.5, 0.6) is 0 Å². The Balaban J connectivity index is 1.43. The molecule has 1 heterocycles. The lowest BCUT2D eigenvalue weighted by molar-refractivity contribution is 0.0480. The number of anilines is 2. The van der Waals surface area contributed by atoms with Crippen LogP contribution in [0.1, 0.15) is 92.9 Å². The number of rotatable bonds is 6. The molecule has 208 valence electrons. The van der Waals surface area contributed by atoms with E-state index in [1.807, 2.05) is 41.5 Å². The second kappa shape index (κ2) is 12.3. The van der Waals surface area contributed by atoms with Gasteiger partial charge < -0.3 is 30.7 Å². The summed E-state index contributed by atoms with van der Waals surface area (Å²) in [6.07, 6.45) is 6.04. The molecule has 3 rings (SSSR count). The van der Waals surface area contributed by atoms with Gasteiger partial charge in [-0.25, -0.2) is 9.59 Å². The predicted octanol–water partition coefficient (Wildman–Crippen LogP) is 5.02. The highest BCUT2D eigenvalue weighted by molar-refractivity contribution is 6.28. The van der Waals surface area contributed by atoms with Crippen LogP contribution in [-0.4, -0.2) is 62.5 Å². The zero-order chi connectivity index (χ0) is 27.2. The average Bonchev–Trinajstić information content (AvgIpc) is 2.73. The van der Waals surface area contributed by atoms with Crippen LogP contribution in [0.25, 0.3) is 0 Å². The number of carbonyl (C=O) groups is 2. The Bertz CT molecular complexity index is 848. The van der Waals surface area contributed by atoms with E-state index >= 15 is 0 Å². The zero-order valence-electron chi connectivity index (χ0n) is 22.8. The Morgan fingerprint density at radius 2 is 0.973 bits per heavy atom. The first-order valence-corrected chi connectivity index (χ1v) is 13.6. The van der Waals surface area contributed by atoms with Gasteiger partial charge >= 0.3 is 12.2 Å². The van der Waals surface area contributed by atoms with Crippen molar-refractivity contribution in [3.8, 4) is 0 Å². The monoisotopic (exact) mass is 539 g/mol. The molecule has 2 saturated carbocycles. The molecule has 0 aromatic carbocycles. The van der Waals surface area contributed by atoms with Crippen molar-refractivity contribution < 1.29 is 19.1 Å². The Morgan fingerprint density at radius 1 is 0.649 bits per heavy atom. The maximum atomic E-state index is 12.0. The second-order valence-corrected chi connectivity index (χ2v) is 12.3. The van der Waals surface area contributed by atoms with Crippen LogP contribution in [-0.2, 0) is 9.47 Å². The molecular formula is C25H42ClN7O4. The molecule has 1 aromatic heterocycles. The van der Waals surface area contributed by atoms with E-state index in [9.17, 15) is 9.59 Å². The molecule has 2 aliphatic rings. The summed E-state index contributed by atoms with van der Waals surface area (Å²) < 4.78 is 10.7. The molecule has 12 heteroatoms. The number of amides is 2. The molecule has 0 spiro atoms. The molecule has 4 N–H and O–H groups in total. The minimum absolute atomic E-state index is 0.0898. The van der Waals surface area contributed by atoms with Crippen molar-refractivity contribution in [1.82, 2.24) is 25.6 Å². The number of halogens is 1. The SMILES string of the molecule is CC(C)(C)OC(=O)NC1CCC(Nc2nc(Cl)nc(NC3CCC(NC(=O)OC(C)(C)C)CC3)n2)CC1. The lowest BCUT2D eigenvalue weighted by atomic mass is 9.91. The highest BCUT2D eigenvalue weighted by Gasteiger charge is 2.27. The van der Waals surface area contributed by atoms with Crippen LogP contribution in [0.15, 0.2) is 0 Å². The Hall–Kier alpha value is -2.56. The number of nitrogens with zero attached hydrogens (tertiary/aromatic N) is 3. The summed E-state index contributed by atoms with van der Waals surface area (Å²) in [5.41, 5.74) is -1.02. The molecular weight excluding hydrogens is 498 g/mol. The molecule has 0 unspecified atom stereocenters. The van der Waals surface area contributed by atoms with Gasteiger partial charge in [0.05, 0.1) is 0 Å². The van der Waals surface area contributed by atoms with Gasteiger partial charge in [-0.3, -0.25) is 0 Å². The molecule has 2 fully saturated rings. The second-order valence-electron chi connectivity index (χ2n) is 11.9. The zero-order valence-corrected chi connectivity index (χ0v) is 23.6. The predicted molar refractivity (Wildman–Crippen MR) is 143 cm³/mol. The van der Waals surface area contributed by atoms with Crippen molar-refractivity contribution in [3.05, 3.63) is 5.28 Å². The normalized spacial score (nSPS) is 24.5. The van der Waals surface area contributed by atoms with Gasteiger partial charge in [0.15, 0.2) is 0 Å². The minimum atomic E-state index is -0.511. The van der Waals surface area contributed by atoms with Crippen LogP contribution >= 0.6 is 11.6 Å². The van der Waals surface area contributed by atoms with E-state index in [1.54, 1.807) is 0 Å². The van der Waals surface area contributed by atoms with Crippen molar-refractivity contribution in [2.75, 3.05) is 10.6 Å². The van der Waals surface area contributed by atoms with E-state index in [-0.39, 0.29) is 41.6 Å². The molecule has 2 aliphatic carbocycles. The number of carbonyl (C=O) groups excluding carboxylic acids is 2. The highest BCUT2D eigenvalue weighted by atomic mass is 35.5. The number of hydrogen-bond acceptors (Lipinski definition) is 9. The quantitative estimate of drug-likeness (QED) is 0.392. The van der Waals surface area contributed by atoms with Crippen LogP contribution in [0.3, 0.4) is 0 Å². The van der Waals surface area contributed by atoms with Crippen molar-refractivity contribution in [1.29, 1.82) is 0 Å². The van der Waals surface area contributed by atoms with Crippen LogP contribution in [0, 0.1) is 0 Å². The minimum Gasteiger partial charge on any atom is -0.444 e. The van der Waals surface area contributed by atoms with E-state index in [4.69, 9.17) is 21.1 Å². The third-order valence-electron chi connectivity index (χ3n) is 6.17.